The fourth-order valence-electron chi connectivity index (χ4n) is 3.61. The molecule has 2 N–H and O–H groups in total. The van der Waals surface area contributed by atoms with E-state index >= 15 is 0 Å². The zero-order chi connectivity index (χ0) is 19.6. The van der Waals surface area contributed by atoms with Crippen molar-refractivity contribution in [2.75, 3.05) is 58.4 Å². The maximum absolute atomic E-state index is 5.97. The molecular formula is C21H35IN4O3. The summed E-state index contributed by atoms with van der Waals surface area (Å²) in [6.45, 7) is 8.38. The summed E-state index contributed by atoms with van der Waals surface area (Å²) in [6, 6.07) is 8.43. The molecule has 1 aromatic rings. The Morgan fingerprint density at radius 2 is 2.00 bits per heavy atom. The number of guanidine groups is 1. The Balaban J connectivity index is 0.00000300. The van der Waals surface area contributed by atoms with E-state index in [4.69, 9.17) is 19.2 Å². The first-order valence-corrected chi connectivity index (χ1v) is 10.4. The minimum Gasteiger partial charge on any atom is -0.383 e. The summed E-state index contributed by atoms with van der Waals surface area (Å²) in [4.78, 5) is 7.17. The molecule has 0 spiro atoms. The van der Waals surface area contributed by atoms with Crippen LogP contribution in [0.4, 0.5) is 5.69 Å². The van der Waals surface area contributed by atoms with Crippen LogP contribution in [0.3, 0.4) is 0 Å². The van der Waals surface area contributed by atoms with Crippen LogP contribution in [-0.4, -0.2) is 76.2 Å². The highest BCUT2D eigenvalue weighted by molar-refractivity contribution is 14.0. The van der Waals surface area contributed by atoms with Crippen LogP contribution in [0.5, 0.6) is 0 Å². The second-order valence-electron chi connectivity index (χ2n) is 7.19. The molecule has 3 rings (SSSR count). The third-order valence-electron chi connectivity index (χ3n) is 5.11. The van der Waals surface area contributed by atoms with Gasteiger partial charge in [0.15, 0.2) is 5.96 Å². The van der Waals surface area contributed by atoms with Gasteiger partial charge in [-0.1, -0.05) is 12.1 Å². The lowest BCUT2D eigenvalue weighted by Crippen LogP contribution is -2.53. The molecular weight excluding hydrogens is 483 g/mol. The van der Waals surface area contributed by atoms with Gasteiger partial charge in [0, 0.05) is 45.6 Å². The molecule has 0 radical (unpaired) electrons. The molecule has 2 atom stereocenters. The summed E-state index contributed by atoms with van der Waals surface area (Å²) < 4.78 is 16.9. The fraction of sp³-hybridized carbons (Fsp3) is 0.667. The molecule has 2 aliphatic heterocycles. The average molecular weight is 518 g/mol. The molecule has 7 nitrogen and oxygen atoms in total. The largest absolute Gasteiger partial charge is 0.383 e. The predicted molar refractivity (Wildman–Crippen MR) is 127 cm³/mol. The molecule has 0 aromatic heterocycles. The molecule has 0 saturated carbocycles. The summed E-state index contributed by atoms with van der Waals surface area (Å²) in [5.74, 6) is 0.955. The normalized spacial score (nSPS) is 22.3. The highest BCUT2D eigenvalue weighted by atomic mass is 127. The number of benzene rings is 1. The number of morpholine rings is 1. The number of rotatable bonds is 8. The van der Waals surface area contributed by atoms with E-state index in [2.05, 4.69) is 46.7 Å². The Hall–Kier alpha value is -1.10. The smallest absolute Gasteiger partial charge is 0.194 e. The number of ether oxygens (including phenoxy) is 3. The van der Waals surface area contributed by atoms with Gasteiger partial charge in [-0.15, -0.1) is 24.0 Å². The van der Waals surface area contributed by atoms with E-state index in [1.807, 2.05) is 0 Å². The van der Waals surface area contributed by atoms with Crippen LogP contribution in [0.25, 0.3) is 0 Å². The average Bonchev–Trinajstić information content (AvgIpc) is 3.27. The highest BCUT2D eigenvalue weighted by Gasteiger charge is 2.32. The number of hydrogen-bond acceptors (Lipinski definition) is 5. The molecule has 2 unspecified atom stereocenters. The van der Waals surface area contributed by atoms with Crippen LogP contribution in [0.1, 0.15) is 25.3 Å². The SMILES string of the molecule is CCNC(=NCc1ccc(NCCOC)cc1)N1CCOC(C2CCCO2)C1.I. The molecule has 0 amide bonds. The van der Waals surface area contributed by atoms with E-state index in [1.54, 1.807) is 7.11 Å². The van der Waals surface area contributed by atoms with E-state index in [1.165, 1.54) is 5.56 Å². The van der Waals surface area contributed by atoms with E-state index in [9.17, 15) is 0 Å². The molecule has 8 heteroatoms. The zero-order valence-corrected chi connectivity index (χ0v) is 19.9. The molecule has 29 heavy (non-hydrogen) atoms. The topological polar surface area (TPSA) is 67.4 Å². The van der Waals surface area contributed by atoms with Crippen molar-refractivity contribution in [2.45, 2.75) is 38.5 Å². The Kier molecular flexibility index (Phi) is 11.0. The molecule has 0 aliphatic carbocycles. The van der Waals surface area contributed by atoms with Crippen LogP contribution >= 0.6 is 24.0 Å². The maximum Gasteiger partial charge on any atom is 0.194 e. The summed E-state index contributed by atoms with van der Waals surface area (Å²) in [7, 11) is 1.71. The van der Waals surface area contributed by atoms with E-state index in [-0.39, 0.29) is 36.2 Å². The Bertz CT molecular complexity index is 608. The second kappa shape index (κ2) is 13.3. The van der Waals surface area contributed by atoms with E-state index in [0.29, 0.717) is 13.2 Å². The number of halogens is 1. The highest BCUT2D eigenvalue weighted by Crippen LogP contribution is 2.21. The number of methoxy groups -OCH3 is 1. The molecule has 2 fully saturated rings. The van der Waals surface area contributed by atoms with Crippen molar-refractivity contribution >= 4 is 35.6 Å². The van der Waals surface area contributed by atoms with Crippen LogP contribution in [0.2, 0.25) is 0 Å². The molecule has 2 aliphatic rings. The van der Waals surface area contributed by atoms with Gasteiger partial charge in [-0.05, 0) is 37.5 Å². The van der Waals surface area contributed by atoms with Gasteiger partial charge in [-0.2, -0.15) is 0 Å². The summed E-state index contributed by atoms with van der Waals surface area (Å²) in [6.07, 6.45) is 2.59. The Labute approximate surface area is 191 Å². The van der Waals surface area contributed by atoms with Crippen molar-refractivity contribution in [1.82, 2.24) is 10.2 Å². The lowest BCUT2D eigenvalue weighted by Gasteiger charge is -2.37. The lowest BCUT2D eigenvalue weighted by molar-refractivity contribution is -0.0817. The van der Waals surface area contributed by atoms with Gasteiger partial charge >= 0.3 is 0 Å². The van der Waals surface area contributed by atoms with Crippen LogP contribution in [-0.2, 0) is 20.8 Å². The third kappa shape index (κ3) is 7.58. The summed E-state index contributed by atoms with van der Waals surface area (Å²) in [5.41, 5.74) is 2.29. The molecule has 1 aromatic carbocycles. The lowest BCUT2D eigenvalue weighted by atomic mass is 10.1. The van der Waals surface area contributed by atoms with Crippen molar-refractivity contribution in [2.24, 2.45) is 4.99 Å². The second-order valence-corrected chi connectivity index (χ2v) is 7.19. The third-order valence-corrected chi connectivity index (χ3v) is 5.11. The number of hydrogen-bond donors (Lipinski definition) is 2. The predicted octanol–water partition coefficient (Wildman–Crippen LogP) is 2.71. The molecule has 2 saturated heterocycles. The fourth-order valence-corrected chi connectivity index (χ4v) is 3.61. The molecule has 2 heterocycles. The van der Waals surface area contributed by atoms with Crippen molar-refractivity contribution in [3.63, 3.8) is 0 Å². The number of anilines is 1. The van der Waals surface area contributed by atoms with E-state index in [0.717, 1.165) is 63.9 Å². The first kappa shape index (κ1) is 24.2. The first-order chi connectivity index (χ1) is 13.8. The van der Waals surface area contributed by atoms with Crippen LogP contribution in [0, 0.1) is 0 Å². The maximum atomic E-state index is 5.97. The van der Waals surface area contributed by atoms with Crippen LogP contribution in [0.15, 0.2) is 29.3 Å². The number of nitrogens with zero attached hydrogens (tertiary/aromatic N) is 2. The van der Waals surface area contributed by atoms with Crippen molar-refractivity contribution in [3.05, 3.63) is 29.8 Å². The van der Waals surface area contributed by atoms with Gasteiger partial charge in [0.1, 0.15) is 6.10 Å². The first-order valence-electron chi connectivity index (χ1n) is 10.4. The molecule has 0 bridgehead atoms. The van der Waals surface area contributed by atoms with Gasteiger partial charge in [0.2, 0.25) is 0 Å². The zero-order valence-electron chi connectivity index (χ0n) is 17.6. The Morgan fingerprint density at radius 1 is 1.21 bits per heavy atom. The van der Waals surface area contributed by atoms with Crippen molar-refractivity contribution in [3.8, 4) is 0 Å². The monoisotopic (exact) mass is 518 g/mol. The summed E-state index contributed by atoms with van der Waals surface area (Å²) >= 11 is 0. The van der Waals surface area contributed by atoms with Crippen molar-refractivity contribution < 1.29 is 14.2 Å². The number of aliphatic imine (C=N–C) groups is 1. The van der Waals surface area contributed by atoms with Crippen LogP contribution < -0.4 is 10.6 Å². The van der Waals surface area contributed by atoms with Crippen molar-refractivity contribution in [1.29, 1.82) is 0 Å². The minimum absolute atomic E-state index is 0. The van der Waals surface area contributed by atoms with Gasteiger partial charge in [-0.25, -0.2) is 4.99 Å². The van der Waals surface area contributed by atoms with E-state index < -0.39 is 0 Å². The number of nitrogens with one attached hydrogen (secondary N) is 2. The van der Waals surface area contributed by atoms with Gasteiger partial charge in [0.25, 0.3) is 0 Å². The van der Waals surface area contributed by atoms with Gasteiger partial charge in [0.05, 0.1) is 25.9 Å². The summed E-state index contributed by atoms with van der Waals surface area (Å²) in [5, 5.41) is 6.77. The minimum atomic E-state index is 0. The van der Waals surface area contributed by atoms with Gasteiger partial charge < -0.3 is 29.7 Å². The Morgan fingerprint density at radius 3 is 2.69 bits per heavy atom. The van der Waals surface area contributed by atoms with Gasteiger partial charge in [-0.3, -0.25) is 0 Å². The standard InChI is InChI=1S/C21H34N4O3.HI/c1-3-22-21(25-11-14-28-20(16-25)19-5-4-12-27-19)24-15-17-6-8-18(9-7-17)23-10-13-26-2;/h6-9,19-20,23H,3-5,10-16H2,1-2H3,(H,22,24);1H. The quantitative estimate of drug-likeness (QED) is 0.239. The molecule has 164 valence electrons.